The summed E-state index contributed by atoms with van der Waals surface area (Å²) in [6.07, 6.45) is 3.52. The molecule has 0 fully saturated rings. The molecule has 1 aromatic rings. The summed E-state index contributed by atoms with van der Waals surface area (Å²) in [5, 5.41) is 0.426. The van der Waals surface area contributed by atoms with E-state index in [4.69, 9.17) is 21.9 Å². The first-order valence-corrected chi connectivity index (χ1v) is 7.20. The Morgan fingerprint density at radius 1 is 1.33 bits per heavy atom. The minimum Gasteiger partial charge on any atom is -0.499 e. The molecule has 21 heavy (non-hydrogen) atoms. The Morgan fingerprint density at radius 3 is 2.62 bits per heavy atom. The van der Waals surface area contributed by atoms with Crippen molar-refractivity contribution >= 4 is 17.3 Å². The summed E-state index contributed by atoms with van der Waals surface area (Å²) in [4.78, 5) is 5.41. The minimum absolute atomic E-state index is 0.0711. The molecule has 4 nitrogen and oxygen atoms in total. The van der Waals surface area contributed by atoms with Crippen molar-refractivity contribution in [2.24, 2.45) is 0 Å². The number of allylic oxidation sites excluding steroid dienone is 2. The van der Waals surface area contributed by atoms with E-state index in [1.165, 1.54) is 5.56 Å². The van der Waals surface area contributed by atoms with E-state index in [-0.39, 0.29) is 6.04 Å². The Kier molecular flexibility index (Phi) is 5.34. The average molecular weight is 304 g/mol. The van der Waals surface area contributed by atoms with Gasteiger partial charge < -0.3 is 10.3 Å². The molecule has 1 unspecified atom stereocenters. The highest BCUT2D eigenvalue weighted by molar-refractivity contribution is 6.44. The van der Waals surface area contributed by atoms with Crippen LogP contribution in [0.4, 0.5) is 0 Å². The van der Waals surface area contributed by atoms with Crippen LogP contribution in [0.5, 0.6) is 0 Å². The van der Waals surface area contributed by atoms with Crippen LogP contribution in [0.25, 0.3) is 5.53 Å². The summed E-state index contributed by atoms with van der Waals surface area (Å²) in [6.45, 7) is 3.72. The van der Waals surface area contributed by atoms with Crippen molar-refractivity contribution < 1.29 is 9.53 Å². The fraction of sp³-hybridized carbons (Fsp3) is 0.312. The van der Waals surface area contributed by atoms with Crippen LogP contribution in [-0.2, 0) is 11.3 Å². The minimum atomic E-state index is -0.0711. The van der Waals surface area contributed by atoms with Gasteiger partial charge in [0.1, 0.15) is 10.8 Å². The zero-order chi connectivity index (χ0) is 15.2. The van der Waals surface area contributed by atoms with Crippen molar-refractivity contribution in [2.75, 3.05) is 13.7 Å². The Labute approximate surface area is 129 Å². The molecule has 5 heteroatoms. The quantitative estimate of drug-likeness (QED) is 0.619. The molecular formula is C16H18ClN3O. The highest BCUT2D eigenvalue weighted by atomic mass is 35.5. The number of nitrogens with zero attached hydrogens (tertiary/aromatic N) is 3. The lowest BCUT2D eigenvalue weighted by atomic mass is 10.0. The largest absolute Gasteiger partial charge is 0.499 e. The molecule has 0 bridgehead atoms. The van der Waals surface area contributed by atoms with E-state index < -0.39 is 0 Å². The standard InChI is InChI=1S/C16H18ClN3O/c1-3-20(11-12-7-5-4-6-8-12)15-9-13(17)14(19-18)10-16(15)21-2/h4-10,15H,3,11H2,1-2H3. The molecule has 110 valence electrons. The van der Waals surface area contributed by atoms with Gasteiger partial charge in [0.2, 0.25) is 0 Å². The molecule has 1 aliphatic carbocycles. The summed E-state index contributed by atoms with van der Waals surface area (Å²) >= 11 is 6.15. The first-order chi connectivity index (χ1) is 10.2. The Bertz CT molecular complexity index is 603. The van der Waals surface area contributed by atoms with Crippen molar-refractivity contribution in [2.45, 2.75) is 19.5 Å². The van der Waals surface area contributed by atoms with Crippen LogP contribution in [0.15, 0.2) is 53.3 Å². The van der Waals surface area contributed by atoms with Crippen LogP contribution in [-0.4, -0.2) is 35.1 Å². The summed E-state index contributed by atoms with van der Waals surface area (Å²) < 4.78 is 5.43. The molecule has 0 amide bonds. The molecule has 1 atom stereocenters. The summed E-state index contributed by atoms with van der Waals surface area (Å²) in [7, 11) is 1.61. The lowest BCUT2D eigenvalue weighted by Crippen LogP contribution is -2.37. The van der Waals surface area contributed by atoms with Crippen molar-refractivity contribution in [3.63, 3.8) is 0 Å². The van der Waals surface area contributed by atoms with Gasteiger partial charge in [-0.1, -0.05) is 48.9 Å². The van der Waals surface area contributed by atoms with E-state index in [2.05, 4.69) is 28.7 Å². The van der Waals surface area contributed by atoms with Crippen molar-refractivity contribution in [1.82, 2.24) is 4.90 Å². The third-order valence-corrected chi connectivity index (χ3v) is 3.81. The zero-order valence-electron chi connectivity index (χ0n) is 12.2. The second kappa shape index (κ2) is 7.23. The number of rotatable bonds is 5. The van der Waals surface area contributed by atoms with Crippen LogP contribution >= 0.6 is 11.6 Å². The van der Waals surface area contributed by atoms with Crippen LogP contribution in [0.3, 0.4) is 0 Å². The van der Waals surface area contributed by atoms with Crippen LogP contribution in [0.2, 0.25) is 0 Å². The van der Waals surface area contributed by atoms with E-state index in [1.54, 1.807) is 13.2 Å². The molecule has 0 radical (unpaired) electrons. The van der Waals surface area contributed by atoms with Gasteiger partial charge in [0.15, 0.2) is 0 Å². The molecule has 0 aliphatic heterocycles. The van der Waals surface area contributed by atoms with E-state index >= 15 is 0 Å². The number of ether oxygens (including phenoxy) is 1. The first-order valence-electron chi connectivity index (χ1n) is 6.82. The maximum atomic E-state index is 8.94. The smallest absolute Gasteiger partial charge is 0.336 e. The molecular weight excluding hydrogens is 286 g/mol. The van der Waals surface area contributed by atoms with E-state index in [0.717, 1.165) is 13.1 Å². The lowest BCUT2D eigenvalue weighted by Gasteiger charge is -2.30. The molecule has 0 heterocycles. The topological polar surface area (TPSA) is 48.9 Å². The highest BCUT2D eigenvalue weighted by Crippen LogP contribution is 2.24. The maximum absolute atomic E-state index is 8.94. The number of halogens is 1. The predicted molar refractivity (Wildman–Crippen MR) is 84.0 cm³/mol. The summed E-state index contributed by atoms with van der Waals surface area (Å²) in [5.74, 6) is 0.713. The second-order valence-corrected chi connectivity index (χ2v) is 5.15. The van der Waals surface area contributed by atoms with E-state index in [9.17, 15) is 0 Å². The van der Waals surface area contributed by atoms with Gasteiger partial charge in [-0.25, -0.2) is 0 Å². The molecule has 1 aliphatic rings. The average Bonchev–Trinajstić information content (AvgIpc) is 2.53. The van der Waals surface area contributed by atoms with E-state index in [1.807, 2.05) is 24.3 Å². The summed E-state index contributed by atoms with van der Waals surface area (Å²) in [6, 6.07) is 10.2. The van der Waals surface area contributed by atoms with Gasteiger partial charge >= 0.3 is 5.71 Å². The molecule has 2 rings (SSSR count). The number of benzene rings is 1. The van der Waals surface area contributed by atoms with Gasteiger partial charge in [-0.3, -0.25) is 4.90 Å². The van der Waals surface area contributed by atoms with Crippen LogP contribution < -0.4 is 0 Å². The predicted octanol–water partition coefficient (Wildman–Crippen LogP) is 3.21. The number of hydrogen-bond acceptors (Lipinski definition) is 2. The zero-order valence-corrected chi connectivity index (χ0v) is 12.9. The number of methoxy groups -OCH3 is 1. The van der Waals surface area contributed by atoms with Gasteiger partial charge in [0, 0.05) is 6.54 Å². The summed E-state index contributed by atoms with van der Waals surface area (Å²) in [5.41, 5.74) is 10.5. The van der Waals surface area contributed by atoms with Crippen molar-refractivity contribution in [3.8, 4) is 0 Å². The Hall–Kier alpha value is -1.87. The lowest BCUT2D eigenvalue weighted by molar-refractivity contribution is -0.00272. The Balaban J connectivity index is 2.27. The number of likely N-dealkylation sites (N-methyl/N-ethyl adjacent to an activating group) is 1. The Morgan fingerprint density at radius 2 is 2.05 bits per heavy atom. The van der Waals surface area contributed by atoms with Gasteiger partial charge in [-0.05, 0) is 18.2 Å². The molecule has 0 spiro atoms. The molecule has 0 aromatic heterocycles. The molecule has 1 aromatic carbocycles. The fourth-order valence-electron chi connectivity index (χ4n) is 2.36. The monoisotopic (exact) mass is 303 g/mol. The van der Waals surface area contributed by atoms with Gasteiger partial charge in [-0.2, -0.15) is 4.79 Å². The third-order valence-electron chi connectivity index (χ3n) is 3.49. The normalized spacial score (nSPS) is 18.1. The molecule has 0 saturated carbocycles. The highest BCUT2D eigenvalue weighted by Gasteiger charge is 2.29. The maximum Gasteiger partial charge on any atom is 0.336 e. The van der Waals surface area contributed by atoms with Gasteiger partial charge in [0.25, 0.3) is 0 Å². The molecule has 0 N–H and O–H groups in total. The van der Waals surface area contributed by atoms with E-state index in [0.29, 0.717) is 16.5 Å². The number of hydrogen-bond donors (Lipinski definition) is 0. The fourth-order valence-corrected chi connectivity index (χ4v) is 2.57. The SMILES string of the molecule is CCN(Cc1ccccc1)C1C=C(Cl)C(=[N+]=[N-])C=C1OC. The van der Waals surface area contributed by atoms with Gasteiger partial charge in [-0.15, -0.1) is 0 Å². The molecule has 0 saturated heterocycles. The van der Waals surface area contributed by atoms with Gasteiger partial charge in [0.05, 0.1) is 19.2 Å². The van der Waals surface area contributed by atoms with Crippen molar-refractivity contribution in [1.29, 1.82) is 0 Å². The van der Waals surface area contributed by atoms with Crippen molar-refractivity contribution in [3.05, 3.63) is 64.4 Å². The van der Waals surface area contributed by atoms with Crippen LogP contribution in [0.1, 0.15) is 12.5 Å². The first kappa shape index (κ1) is 15.5. The van der Waals surface area contributed by atoms with Crippen LogP contribution in [0, 0.1) is 0 Å². The second-order valence-electron chi connectivity index (χ2n) is 4.74. The third kappa shape index (κ3) is 3.61.